The predicted molar refractivity (Wildman–Crippen MR) is 80.7 cm³/mol. The number of esters is 1. The van der Waals surface area contributed by atoms with E-state index in [9.17, 15) is 4.79 Å². The van der Waals surface area contributed by atoms with E-state index in [1.54, 1.807) is 0 Å². The molecule has 0 aliphatic rings. The van der Waals surface area contributed by atoms with Crippen molar-refractivity contribution in [3.8, 4) is 17.6 Å². The largest absolute Gasteiger partial charge is 0.489 e. The van der Waals surface area contributed by atoms with Gasteiger partial charge in [-0.25, -0.2) is 4.79 Å². The van der Waals surface area contributed by atoms with E-state index in [0.29, 0.717) is 13.0 Å². The van der Waals surface area contributed by atoms with Crippen LogP contribution < -0.4 is 4.74 Å². The molecule has 0 aromatic heterocycles. The van der Waals surface area contributed by atoms with Gasteiger partial charge in [-0.3, -0.25) is 0 Å². The molecule has 3 nitrogen and oxygen atoms in total. The summed E-state index contributed by atoms with van der Waals surface area (Å²) in [5.74, 6) is 5.46. The number of rotatable bonds is 4. The molecule has 2 aromatic rings. The van der Waals surface area contributed by atoms with Gasteiger partial charge < -0.3 is 9.47 Å². The normalized spacial score (nSPS) is 9.38. The standard InChI is InChI=1S/C18H16O3/c1-20-18(19)9-5-8-15-10-12-17(13-11-15)21-14-16-6-3-2-4-7-16/h2-4,6-7,10-13H,8,14H2,1H3. The fraction of sp³-hybridized carbons (Fsp3) is 0.167. The van der Waals surface area contributed by atoms with Crippen molar-refractivity contribution in [3.05, 3.63) is 65.7 Å². The zero-order valence-corrected chi connectivity index (χ0v) is 11.8. The van der Waals surface area contributed by atoms with Crippen LogP contribution in [-0.2, 0) is 22.6 Å². The average Bonchev–Trinajstić information content (AvgIpc) is 2.55. The molecule has 0 unspecified atom stereocenters. The van der Waals surface area contributed by atoms with Gasteiger partial charge in [0, 0.05) is 12.3 Å². The van der Waals surface area contributed by atoms with Crippen LogP contribution in [0.1, 0.15) is 11.1 Å². The highest BCUT2D eigenvalue weighted by atomic mass is 16.5. The molecule has 0 N–H and O–H groups in total. The highest BCUT2D eigenvalue weighted by Gasteiger charge is 1.96. The summed E-state index contributed by atoms with van der Waals surface area (Å²) in [7, 11) is 1.32. The Bertz CT molecular complexity index is 634. The van der Waals surface area contributed by atoms with Gasteiger partial charge in [-0.2, -0.15) is 0 Å². The molecule has 0 amide bonds. The summed E-state index contributed by atoms with van der Waals surface area (Å²) in [5, 5.41) is 0. The maximum atomic E-state index is 10.9. The summed E-state index contributed by atoms with van der Waals surface area (Å²) < 4.78 is 10.1. The third kappa shape index (κ3) is 5.04. The van der Waals surface area contributed by atoms with Gasteiger partial charge in [0.05, 0.1) is 7.11 Å². The highest BCUT2D eigenvalue weighted by molar-refractivity contribution is 5.88. The lowest BCUT2D eigenvalue weighted by molar-refractivity contribution is -0.133. The molecule has 0 aliphatic carbocycles. The maximum absolute atomic E-state index is 10.9. The average molecular weight is 280 g/mol. The Hall–Kier alpha value is -2.73. The van der Waals surface area contributed by atoms with Crippen LogP contribution >= 0.6 is 0 Å². The second-order valence-corrected chi connectivity index (χ2v) is 4.39. The van der Waals surface area contributed by atoms with Gasteiger partial charge in [-0.15, -0.1) is 0 Å². The molecule has 0 saturated heterocycles. The lowest BCUT2D eigenvalue weighted by Gasteiger charge is -2.06. The molecule has 0 bridgehead atoms. The van der Waals surface area contributed by atoms with Gasteiger partial charge in [-0.1, -0.05) is 48.4 Å². The molecule has 0 spiro atoms. The Morgan fingerprint density at radius 1 is 1.00 bits per heavy atom. The molecule has 0 fully saturated rings. The van der Waals surface area contributed by atoms with E-state index < -0.39 is 5.97 Å². The van der Waals surface area contributed by atoms with Gasteiger partial charge >= 0.3 is 5.97 Å². The maximum Gasteiger partial charge on any atom is 0.384 e. The topological polar surface area (TPSA) is 35.5 Å². The fourth-order valence-corrected chi connectivity index (χ4v) is 1.71. The van der Waals surface area contributed by atoms with Crippen molar-refractivity contribution in [2.75, 3.05) is 7.11 Å². The fourth-order valence-electron chi connectivity index (χ4n) is 1.71. The lowest BCUT2D eigenvalue weighted by atomic mass is 10.1. The zero-order chi connectivity index (χ0) is 14.9. The first-order chi connectivity index (χ1) is 10.3. The first kappa shape index (κ1) is 14.7. The summed E-state index contributed by atoms with van der Waals surface area (Å²) in [4.78, 5) is 10.9. The van der Waals surface area contributed by atoms with Crippen molar-refractivity contribution in [1.82, 2.24) is 0 Å². The number of ether oxygens (including phenoxy) is 2. The van der Waals surface area contributed by atoms with Crippen LogP contribution in [0, 0.1) is 11.8 Å². The molecule has 21 heavy (non-hydrogen) atoms. The number of carbonyl (C=O) groups excluding carboxylic acids is 1. The minimum Gasteiger partial charge on any atom is -0.489 e. The number of methoxy groups -OCH3 is 1. The van der Waals surface area contributed by atoms with E-state index in [2.05, 4.69) is 16.6 Å². The monoisotopic (exact) mass is 280 g/mol. The zero-order valence-electron chi connectivity index (χ0n) is 11.8. The minimum atomic E-state index is -0.516. The molecule has 2 rings (SSSR count). The lowest BCUT2D eigenvalue weighted by Crippen LogP contribution is -1.96. The summed E-state index contributed by atoms with van der Waals surface area (Å²) in [5.41, 5.74) is 2.16. The predicted octanol–water partition coefficient (Wildman–Crippen LogP) is 2.98. The summed E-state index contributed by atoms with van der Waals surface area (Å²) in [6.45, 7) is 0.544. The third-order valence-electron chi connectivity index (χ3n) is 2.84. The molecule has 0 heterocycles. The van der Waals surface area contributed by atoms with Crippen LogP contribution in [0.25, 0.3) is 0 Å². The van der Waals surface area contributed by atoms with Gasteiger partial charge in [0.2, 0.25) is 0 Å². The minimum absolute atomic E-state index is 0.508. The SMILES string of the molecule is COC(=O)C#CCc1ccc(OCc2ccccc2)cc1. The molecule has 0 saturated carbocycles. The number of carbonyl (C=O) groups is 1. The first-order valence-electron chi connectivity index (χ1n) is 6.60. The van der Waals surface area contributed by atoms with Crippen molar-refractivity contribution >= 4 is 5.97 Å². The van der Waals surface area contributed by atoms with Gasteiger partial charge in [0.15, 0.2) is 0 Å². The Balaban J connectivity index is 1.87. The molecule has 3 heteroatoms. The van der Waals surface area contributed by atoms with E-state index in [0.717, 1.165) is 16.9 Å². The number of hydrogen-bond acceptors (Lipinski definition) is 3. The third-order valence-corrected chi connectivity index (χ3v) is 2.84. The molecular weight excluding hydrogens is 264 g/mol. The van der Waals surface area contributed by atoms with Crippen molar-refractivity contribution in [1.29, 1.82) is 0 Å². The van der Waals surface area contributed by atoms with E-state index in [1.165, 1.54) is 7.11 Å². The van der Waals surface area contributed by atoms with E-state index >= 15 is 0 Å². The quantitative estimate of drug-likeness (QED) is 0.490. The van der Waals surface area contributed by atoms with Crippen molar-refractivity contribution in [2.45, 2.75) is 13.0 Å². The second kappa shape index (κ2) is 7.76. The van der Waals surface area contributed by atoms with Crippen molar-refractivity contribution in [2.24, 2.45) is 0 Å². The van der Waals surface area contributed by atoms with E-state index in [4.69, 9.17) is 4.74 Å². The molecule has 106 valence electrons. The molecule has 2 aromatic carbocycles. The molecule has 0 aliphatic heterocycles. The van der Waals surface area contributed by atoms with Crippen LogP contribution in [0.2, 0.25) is 0 Å². The summed E-state index contributed by atoms with van der Waals surface area (Å²) in [6, 6.07) is 17.7. The van der Waals surface area contributed by atoms with Crippen LogP contribution in [-0.4, -0.2) is 13.1 Å². The number of hydrogen-bond donors (Lipinski definition) is 0. The molecule has 0 radical (unpaired) electrons. The highest BCUT2D eigenvalue weighted by Crippen LogP contribution is 2.14. The first-order valence-corrected chi connectivity index (χ1v) is 6.60. The van der Waals surface area contributed by atoms with E-state index in [1.807, 2.05) is 54.6 Å². The smallest absolute Gasteiger partial charge is 0.384 e. The van der Waals surface area contributed by atoms with Crippen molar-refractivity contribution in [3.63, 3.8) is 0 Å². The van der Waals surface area contributed by atoms with Gasteiger partial charge in [-0.05, 0) is 23.3 Å². The van der Waals surface area contributed by atoms with Crippen LogP contribution in [0.4, 0.5) is 0 Å². The Morgan fingerprint density at radius 3 is 2.38 bits per heavy atom. The summed E-state index contributed by atoms with van der Waals surface area (Å²) >= 11 is 0. The van der Waals surface area contributed by atoms with Gasteiger partial charge in [0.25, 0.3) is 0 Å². The summed E-state index contributed by atoms with van der Waals surface area (Å²) in [6.07, 6.45) is 0.508. The Labute approximate surface area is 124 Å². The van der Waals surface area contributed by atoms with Gasteiger partial charge in [0.1, 0.15) is 12.4 Å². The molecule has 0 atom stereocenters. The second-order valence-electron chi connectivity index (χ2n) is 4.39. The van der Waals surface area contributed by atoms with E-state index in [-0.39, 0.29) is 0 Å². The van der Waals surface area contributed by atoms with Crippen LogP contribution in [0.15, 0.2) is 54.6 Å². The van der Waals surface area contributed by atoms with Crippen molar-refractivity contribution < 1.29 is 14.3 Å². The Kier molecular flexibility index (Phi) is 5.42. The van der Waals surface area contributed by atoms with Crippen LogP contribution in [0.5, 0.6) is 5.75 Å². The molecular formula is C18H16O3. The van der Waals surface area contributed by atoms with Crippen LogP contribution in [0.3, 0.4) is 0 Å². The Morgan fingerprint density at radius 2 is 1.71 bits per heavy atom. The number of benzene rings is 2.